The second-order valence-corrected chi connectivity index (χ2v) is 3.27. The fourth-order valence-electron chi connectivity index (χ4n) is 1.21. The number of benzene rings is 1. The normalized spacial score (nSPS) is 9.94. The Morgan fingerprint density at radius 1 is 1.50 bits per heavy atom. The molecule has 16 heavy (non-hydrogen) atoms. The Bertz CT molecular complexity index is 369. The highest BCUT2D eigenvalue weighted by atomic mass is 19.1. The number of amides is 1. The summed E-state index contributed by atoms with van der Waals surface area (Å²) in [6.45, 7) is 0.469. The Hall–Kier alpha value is -1.62. The van der Waals surface area contributed by atoms with E-state index in [1.165, 1.54) is 12.1 Å². The monoisotopic (exact) mass is 226 g/mol. The van der Waals surface area contributed by atoms with Gasteiger partial charge in [0.05, 0.1) is 13.0 Å². The minimum Gasteiger partial charge on any atom is -0.493 e. The molecule has 0 aliphatic carbocycles. The van der Waals surface area contributed by atoms with Gasteiger partial charge >= 0.3 is 0 Å². The highest BCUT2D eigenvalue weighted by Crippen LogP contribution is 2.16. The highest BCUT2D eigenvalue weighted by Gasteiger charge is 2.02. The minimum absolute atomic E-state index is 0.115. The van der Waals surface area contributed by atoms with Gasteiger partial charge in [-0.15, -0.1) is 0 Å². The first kappa shape index (κ1) is 12.4. The predicted molar refractivity (Wildman–Crippen MR) is 58.5 cm³/mol. The number of rotatable bonds is 5. The van der Waals surface area contributed by atoms with Crippen molar-refractivity contribution in [2.24, 2.45) is 5.73 Å². The van der Waals surface area contributed by atoms with Gasteiger partial charge < -0.3 is 15.8 Å². The molecule has 0 aliphatic heterocycles. The van der Waals surface area contributed by atoms with Crippen molar-refractivity contribution in [3.8, 4) is 5.75 Å². The maximum absolute atomic E-state index is 13.1. The van der Waals surface area contributed by atoms with Gasteiger partial charge in [-0.1, -0.05) is 0 Å². The smallest absolute Gasteiger partial charge is 0.223 e. The molecule has 1 aromatic rings. The van der Waals surface area contributed by atoms with Crippen LogP contribution in [0.4, 0.5) is 4.39 Å². The largest absolute Gasteiger partial charge is 0.493 e. The fourth-order valence-corrected chi connectivity index (χ4v) is 1.21. The summed E-state index contributed by atoms with van der Waals surface area (Å²) in [5.41, 5.74) is 6.06. The van der Waals surface area contributed by atoms with E-state index >= 15 is 0 Å². The molecule has 88 valence electrons. The van der Waals surface area contributed by atoms with E-state index in [2.05, 4.69) is 5.32 Å². The van der Waals surface area contributed by atoms with E-state index in [-0.39, 0.29) is 25.5 Å². The lowest BCUT2D eigenvalue weighted by Gasteiger charge is -2.07. The number of hydrogen-bond acceptors (Lipinski definition) is 3. The number of carbonyl (C=O) groups excluding carboxylic acids is 1. The van der Waals surface area contributed by atoms with Crippen molar-refractivity contribution in [2.45, 2.75) is 13.0 Å². The number of nitrogens with two attached hydrogens (primary N) is 1. The van der Waals surface area contributed by atoms with Gasteiger partial charge in [-0.25, -0.2) is 4.39 Å². The molecular weight excluding hydrogens is 211 g/mol. The Kier molecular flexibility index (Phi) is 4.72. The molecule has 3 N–H and O–H groups in total. The van der Waals surface area contributed by atoms with Crippen molar-refractivity contribution >= 4 is 5.91 Å². The van der Waals surface area contributed by atoms with Crippen LogP contribution in [0.5, 0.6) is 5.75 Å². The van der Waals surface area contributed by atoms with E-state index in [4.69, 9.17) is 10.5 Å². The Labute approximate surface area is 93.6 Å². The maximum Gasteiger partial charge on any atom is 0.223 e. The quantitative estimate of drug-likeness (QED) is 0.780. The molecule has 0 saturated heterocycles. The van der Waals surface area contributed by atoms with Crippen LogP contribution in [0.1, 0.15) is 12.0 Å². The molecule has 4 nitrogen and oxygen atoms in total. The summed E-state index contributed by atoms with van der Waals surface area (Å²) in [4.78, 5) is 10.9. The van der Waals surface area contributed by atoms with E-state index in [9.17, 15) is 9.18 Å². The SMILES string of the molecule is CNC(=O)CCOc1cc(F)cc(CN)c1. The Morgan fingerprint density at radius 3 is 2.88 bits per heavy atom. The first-order valence-electron chi connectivity index (χ1n) is 4.98. The predicted octanol–water partition coefficient (Wildman–Crippen LogP) is 0.799. The van der Waals surface area contributed by atoms with Gasteiger partial charge in [0.2, 0.25) is 5.91 Å². The lowest BCUT2D eigenvalue weighted by Crippen LogP contribution is -2.20. The molecule has 0 radical (unpaired) electrons. The molecule has 0 aromatic heterocycles. The zero-order valence-electron chi connectivity index (χ0n) is 9.13. The minimum atomic E-state index is -0.391. The number of ether oxygens (including phenoxy) is 1. The van der Waals surface area contributed by atoms with Crippen LogP contribution in [-0.4, -0.2) is 19.6 Å². The number of hydrogen-bond donors (Lipinski definition) is 2. The van der Waals surface area contributed by atoms with Crippen molar-refractivity contribution in [1.82, 2.24) is 5.32 Å². The fraction of sp³-hybridized carbons (Fsp3) is 0.364. The molecule has 0 aliphatic rings. The second-order valence-electron chi connectivity index (χ2n) is 3.27. The molecular formula is C11H15FN2O2. The summed E-state index contributed by atoms with van der Waals surface area (Å²) in [6, 6.07) is 4.28. The molecule has 0 heterocycles. The molecule has 0 saturated carbocycles. The van der Waals surface area contributed by atoms with Crippen LogP contribution < -0.4 is 15.8 Å². The van der Waals surface area contributed by atoms with Gasteiger partial charge in [0, 0.05) is 19.7 Å². The third kappa shape index (κ3) is 3.86. The second kappa shape index (κ2) is 6.07. The molecule has 0 spiro atoms. The topological polar surface area (TPSA) is 64.3 Å². The van der Waals surface area contributed by atoms with Crippen LogP contribution in [0.25, 0.3) is 0 Å². The molecule has 0 bridgehead atoms. The third-order valence-corrected chi connectivity index (χ3v) is 2.04. The highest BCUT2D eigenvalue weighted by molar-refractivity contribution is 5.75. The number of carbonyl (C=O) groups is 1. The zero-order valence-corrected chi connectivity index (χ0v) is 9.13. The van der Waals surface area contributed by atoms with Crippen LogP contribution in [0.15, 0.2) is 18.2 Å². The Morgan fingerprint density at radius 2 is 2.25 bits per heavy atom. The molecule has 5 heteroatoms. The van der Waals surface area contributed by atoms with Crippen LogP contribution in [-0.2, 0) is 11.3 Å². The van der Waals surface area contributed by atoms with Gasteiger partial charge in [-0.3, -0.25) is 4.79 Å². The van der Waals surface area contributed by atoms with Gasteiger partial charge in [0.1, 0.15) is 11.6 Å². The summed E-state index contributed by atoms with van der Waals surface area (Å²) in [5, 5.41) is 2.47. The first-order valence-corrected chi connectivity index (χ1v) is 4.98. The molecule has 1 rings (SSSR count). The van der Waals surface area contributed by atoms with E-state index < -0.39 is 5.82 Å². The average Bonchev–Trinajstić information content (AvgIpc) is 2.28. The first-order chi connectivity index (χ1) is 7.65. The number of halogens is 1. The lowest BCUT2D eigenvalue weighted by atomic mass is 10.2. The molecule has 0 fully saturated rings. The standard InChI is InChI=1S/C11H15FN2O2/c1-14-11(15)2-3-16-10-5-8(7-13)4-9(12)6-10/h4-6H,2-3,7,13H2,1H3,(H,14,15). The van der Waals surface area contributed by atoms with Crippen LogP contribution >= 0.6 is 0 Å². The summed E-state index contributed by atoms with van der Waals surface area (Å²) >= 11 is 0. The molecule has 1 aromatic carbocycles. The molecule has 0 unspecified atom stereocenters. The van der Waals surface area contributed by atoms with Crippen molar-refractivity contribution < 1.29 is 13.9 Å². The van der Waals surface area contributed by atoms with Gasteiger partial charge in [-0.2, -0.15) is 0 Å². The summed E-state index contributed by atoms with van der Waals surface area (Å²) in [7, 11) is 1.55. The molecule has 0 atom stereocenters. The van der Waals surface area contributed by atoms with Crippen LogP contribution in [0.2, 0.25) is 0 Å². The summed E-state index contributed by atoms with van der Waals surface area (Å²) < 4.78 is 18.3. The number of nitrogens with one attached hydrogen (secondary N) is 1. The Balaban J connectivity index is 2.53. The molecule has 1 amide bonds. The van der Waals surface area contributed by atoms with Gasteiger partial charge in [-0.05, 0) is 17.7 Å². The van der Waals surface area contributed by atoms with Gasteiger partial charge in [0.15, 0.2) is 0 Å². The van der Waals surface area contributed by atoms with E-state index in [0.717, 1.165) is 0 Å². The van der Waals surface area contributed by atoms with Crippen LogP contribution in [0.3, 0.4) is 0 Å². The summed E-state index contributed by atoms with van der Waals surface area (Å²) in [5.74, 6) is -0.113. The lowest BCUT2D eigenvalue weighted by molar-refractivity contribution is -0.121. The van der Waals surface area contributed by atoms with Crippen molar-refractivity contribution in [2.75, 3.05) is 13.7 Å². The van der Waals surface area contributed by atoms with E-state index in [1.807, 2.05) is 0 Å². The van der Waals surface area contributed by atoms with Gasteiger partial charge in [0.25, 0.3) is 0 Å². The summed E-state index contributed by atoms with van der Waals surface area (Å²) in [6.07, 6.45) is 0.241. The van der Waals surface area contributed by atoms with E-state index in [0.29, 0.717) is 11.3 Å². The van der Waals surface area contributed by atoms with Crippen molar-refractivity contribution in [3.63, 3.8) is 0 Å². The van der Waals surface area contributed by atoms with E-state index in [1.54, 1.807) is 13.1 Å². The third-order valence-electron chi connectivity index (χ3n) is 2.04. The van der Waals surface area contributed by atoms with Crippen molar-refractivity contribution in [3.05, 3.63) is 29.6 Å². The maximum atomic E-state index is 13.1. The average molecular weight is 226 g/mol. The zero-order chi connectivity index (χ0) is 12.0. The van der Waals surface area contributed by atoms with Crippen LogP contribution in [0, 0.1) is 5.82 Å². The van der Waals surface area contributed by atoms with Crippen molar-refractivity contribution in [1.29, 1.82) is 0 Å².